The maximum atomic E-state index is 12.5. The van der Waals surface area contributed by atoms with Gasteiger partial charge in [0.15, 0.2) is 0 Å². The van der Waals surface area contributed by atoms with Crippen molar-refractivity contribution >= 4 is 23.5 Å². The Morgan fingerprint density at radius 2 is 1.64 bits per heavy atom. The van der Waals surface area contributed by atoms with Crippen LogP contribution < -0.4 is 0 Å². The van der Waals surface area contributed by atoms with Gasteiger partial charge >= 0.3 is 6.18 Å². The zero-order valence-electron chi connectivity index (χ0n) is 12.9. The summed E-state index contributed by atoms with van der Waals surface area (Å²) < 4.78 is 37.6. The van der Waals surface area contributed by atoms with Gasteiger partial charge in [-0.3, -0.25) is 0 Å². The molecule has 6 heteroatoms. The van der Waals surface area contributed by atoms with Crippen LogP contribution >= 0.6 is 11.3 Å². The van der Waals surface area contributed by atoms with Gasteiger partial charge in [0, 0.05) is 5.38 Å². The quantitative estimate of drug-likeness (QED) is 0.674. The van der Waals surface area contributed by atoms with E-state index in [0.717, 1.165) is 17.7 Å². The Labute approximate surface area is 146 Å². The Balaban J connectivity index is 1.72. The van der Waals surface area contributed by atoms with Gasteiger partial charge in [-0.25, -0.2) is 4.98 Å². The van der Waals surface area contributed by atoms with Crippen molar-refractivity contribution in [1.82, 2.24) is 4.98 Å². The molecule has 1 aromatic heterocycles. The molecule has 1 N–H and O–H groups in total. The van der Waals surface area contributed by atoms with Crippen molar-refractivity contribution in [2.45, 2.75) is 12.3 Å². The molecule has 0 saturated heterocycles. The van der Waals surface area contributed by atoms with Gasteiger partial charge in [0.25, 0.3) is 0 Å². The fourth-order valence-corrected chi connectivity index (χ4v) is 3.04. The van der Waals surface area contributed by atoms with Gasteiger partial charge in [-0.1, -0.05) is 48.5 Å². The molecule has 0 aliphatic rings. The summed E-state index contributed by atoms with van der Waals surface area (Å²) in [6, 6.07) is 14.1. The summed E-state index contributed by atoms with van der Waals surface area (Å²) in [5.74, 6) is 0. The molecule has 2 aromatic carbocycles. The van der Waals surface area contributed by atoms with E-state index >= 15 is 0 Å². The minimum absolute atomic E-state index is 0.568. The van der Waals surface area contributed by atoms with Crippen molar-refractivity contribution in [3.8, 4) is 0 Å². The van der Waals surface area contributed by atoms with E-state index in [2.05, 4.69) is 4.98 Å². The lowest BCUT2D eigenvalue weighted by Gasteiger charge is -2.06. The van der Waals surface area contributed by atoms with Crippen LogP contribution in [0.4, 0.5) is 13.2 Å². The largest absolute Gasteiger partial charge is 0.416 e. The highest BCUT2D eigenvalue weighted by Gasteiger charge is 2.29. The van der Waals surface area contributed by atoms with E-state index in [-0.39, 0.29) is 0 Å². The van der Waals surface area contributed by atoms with E-state index in [4.69, 9.17) is 0 Å². The van der Waals surface area contributed by atoms with Gasteiger partial charge in [-0.05, 0) is 29.3 Å². The van der Waals surface area contributed by atoms with Crippen LogP contribution in [0.3, 0.4) is 0 Å². The summed E-state index contributed by atoms with van der Waals surface area (Å²) in [4.78, 5) is 4.36. The monoisotopic (exact) mass is 361 g/mol. The molecule has 0 spiro atoms. The molecule has 128 valence electrons. The number of rotatable bonds is 4. The molecular formula is C19H14F3NOS. The van der Waals surface area contributed by atoms with Crippen molar-refractivity contribution in [3.63, 3.8) is 0 Å². The Bertz CT molecular complexity index is 854. The lowest BCUT2D eigenvalue weighted by Crippen LogP contribution is -2.03. The number of alkyl halides is 3. The van der Waals surface area contributed by atoms with Crippen molar-refractivity contribution in [1.29, 1.82) is 0 Å². The van der Waals surface area contributed by atoms with E-state index in [9.17, 15) is 18.3 Å². The summed E-state index contributed by atoms with van der Waals surface area (Å²) >= 11 is 1.33. The molecule has 3 rings (SSSR count). The number of halogens is 3. The van der Waals surface area contributed by atoms with Gasteiger partial charge in [0.2, 0.25) is 0 Å². The van der Waals surface area contributed by atoms with Crippen molar-refractivity contribution in [2.75, 3.05) is 0 Å². The van der Waals surface area contributed by atoms with E-state index in [0.29, 0.717) is 16.3 Å². The summed E-state index contributed by atoms with van der Waals surface area (Å²) in [5.41, 5.74) is 1.38. The lowest BCUT2D eigenvalue weighted by molar-refractivity contribution is -0.137. The van der Waals surface area contributed by atoms with Crippen LogP contribution in [-0.2, 0) is 6.18 Å². The van der Waals surface area contributed by atoms with Gasteiger partial charge in [-0.15, -0.1) is 11.3 Å². The van der Waals surface area contributed by atoms with E-state index in [1.165, 1.54) is 23.5 Å². The summed E-state index contributed by atoms with van der Waals surface area (Å²) in [7, 11) is 0. The van der Waals surface area contributed by atoms with Gasteiger partial charge in [-0.2, -0.15) is 13.2 Å². The maximum absolute atomic E-state index is 12.5. The normalized spacial score (nSPS) is 13.3. The second-order valence-electron chi connectivity index (χ2n) is 5.38. The average Bonchev–Trinajstić information content (AvgIpc) is 3.09. The van der Waals surface area contributed by atoms with E-state index in [1.807, 2.05) is 30.3 Å². The third-order valence-corrected chi connectivity index (χ3v) is 4.49. The summed E-state index contributed by atoms with van der Waals surface area (Å²) in [6.07, 6.45) is -1.73. The second kappa shape index (κ2) is 7.21. The lowest BCUT2D eigenvalue weighted by atomic mass is 10.1. The molecule has 0 fully saturated rings. The highest BCUT2D eigenvalue weighted by Crippen LogP contribution is 2.29. The predicted octanol–water partition coefficient (Wildman–Crippen LogP) is 5.41. The highest BCUT2D eigenvalue weighted by molar-refractivity contribution is 7.09. The topological polar surface area (TPSA) is 33.1 Å². The van der Waals surface area contributed by atoms with Crippen molar-refractivity contribution in [2.24, 2.45) is 0 Å². The zero-order chi connectivity index (χ0) is 17.9. The first-order valence-electron chi connectivity index (χ1n) is 7.47. The van der Waals surface area contributed by atoms with Crippen molar-refractivity contribution in [3.05, 3.63) is 87.4 Å². The molecule has 3 aromatic rings. The summed E-state index contributed by atoms with van der Waals surface area (Å²) in [6.45, 7) is 0. The predicted molar refractivity (Wildman–Crippen MR) is 93.0 cm³/mol. The molecule has 0 aliphatic carbocycles. The molecule has 1 atom stereocenters. The fourth-order valence-electron chi connectivity index (χ4n) is 2.25. The maximum Gasteiger partial charge on any atom is 0.416 e. The molecule has 0 saturated carbocycles. The molecule has 0 aliphatic heterocycles. The standard InChI is InChI=1S/C19H14F3NOS/c20-19(21,22)15-9-6-13(7-10-15)8-11-16-12-25-18(23-16)17(24)14-4-2-1-3-5-14/h1-12,17,24H/b11-8+. The van der Waals surface area contributed by atoms with Crippen LogP contribution in [-0.4, -0.2) is 10.1 Å². The number of nitrogens with zero attached hydrogens (tertiary/aromatic N) is 1. The first-order chi connectivity index (χ1) is 11.9. The molecule has 0 amide bonds. The third-order valence-electron chi connectivity index (χ3n) is 3.57. The van der Waals surface area contributed by atoms with Crippen LogP contribution in [0.2, 0.25) is 0 Å². The third kappa shape index (κ3) is 4.35. The number of thiazole rings is 1. The van der Waals surface area contributed by atoms with Crippen LogP contribution in [0.1, 0.15) is 33.5 Å². The van der Waals surface area contributed by atoms with Crippen LogP contribution in [0.5, 0.6) is 0 Å². The molecule has 0 radical (unpaired) electrons. The molecule has 1 unspecified atom stereocenters. The number of aromatic nitrogens is 1. The van der Waals surface area contributed by atoms with E-state index in [1.54, 1.807) is 17.5 Å². The van der Waals surface area contributed by atoms with Crippen LogP contribution in [0.25, 0.3) is 12.2 Å². The smallest absolute Gasteiger partial charge is 0.381 e. The zero-order valence-corrected chi connectivity index (χ0v) is 13.8. The van der Waals surface area contributed by atoms with Gasteiger partial charge in [0.05, 0.1) is 11.3 Å². The average molecular weight is 361 g/mol. The van der Waals surface area contributed by atoms with Crippen LogP contribution in [0.15, 0.2) is 60.0 Å². The van der Waals surface area contributed by atoms with Gasteiger partial charge in [0.1, 0.15) is 11.1 Å². The Morgan fingerprint density at radius 3 is 2.28 bits per heavy atom. The molecule has 1 heterocycles. The number of hydrogen-bond donors (Lipinski definition) is 1. The van der Waals surface area contributed by atoms with Crippen LogP contribution in [0, 0.1) is 0 Å². The number of aliphatic hydroxyl groups is 1. The number of aliphatic hydroxyl groups excluding tert-OH is 1. The second-order valence-corrected chi connectivity index (χ2v) is 6.27. The minimum Gasteiger partial charge on any atom is -0.381 e. The Kier molecular flexibility index (Phi) is 5.01. The first-order valence-corrected chi connectivity index (χ1v) is 8.35. The van der Waals surface area contributed by atoms with Crippen molar-refractivity contribution < 1.29 is 18.3 Å². The Hall–Kier alpha value is -2.44. The summed E-state index contributed by atoms with van der Waals surface area (Å²) in [5, 5.41) is 12.7. The Morgan fingerprint density at radius 1 is 0.960 bits per heavy atom. The van der Waals surface area contributed by atoms with Gasteiger partial charge < -0.3 is 5.11 Å². The number of hydrogen-bond acceptors (Lipinski definition) is 3. The molecular weight excluding hydrogens is 347 g/mol. The molecule has 25 heavy (non-hydrogen) atoms. The molecule has 2 nitrogen and oxygen atoms in total. The first kappa shape index (κ1) is 17.4. The SMILES string of the molecule is OC(c1ccccc1)c1nc(/C=C/c2ccc(C(F)(F)F)cc2)cs1. The highest BCUT2D eigenvalue weighted by atomic mass is 32.1. The molecule has 0 bridgehead atoms. The fraction of sp³-hybridized carbons (Fsp3) is 0.105. The minimum atomic E-state index is -4.33. The number of benzene rings is 2. The van der Waals surface area contributed by atoms with E-state index < -0.39 is 17.8 Å².